The molecule has 1 rings (SSSR count). The molecular weight excluding hydrogens is 222 g/mol. The standard InChI is InChI=1S/C16H27NO/c1-4-5-6-7-8-14(3)18-16-10-9-15(12-17)11-13(16)2/h9-11,14H,4-8,12,17H2,1-3H3. The number of hydrogen-bond donors (Lipinski definition) is 1. The second kappa shape index (κ2) is 8.15. The Morgan fingerprint density at radius 2 is 2.00 bits per heavy atom. The molecule has 0 bridgehead atoms. The van der Waals surface area contributed by atoms with Gasteiger partial charge < -0.3 is 10.5 Å². The van der Waals surface area contributed by atoms with Crippen LogP contribution in [0, 0.1) is 6.92 Å². The summed E-state index contributed by atoms with van der Waals surface area (Å²) in [5.41, 5.74) is 7.96. The maximum atomic E-state index is 5.98. The molecule has 0 fully saturated rings. The minimum atomic E-state index is 0.296. The predicted octanol–water partition coefficient (Wildman–Crippen LogP) is 4.19. The first-order valence-corrected chi connectivity index (χ1v) is 7.13. The summed E-state index contributed by atoms with van der Waals surface area (Å²) in [6.45, 7) is 7.07. The number of hydrogen-bond acceptors (Lipinski definition) is 2. The predicted molar refractivity (Wildman–Crippen MR) is 77.9 cm³/mol. The highest BCUT2D eigenvalue weighted by atomic mass is 16.5. The van der Waals surface area contributed by atoms with Crippen molar-refractivity contribution in [1.29, 1.82) is 0 Å². The van der Waals surface area contributed by atoms with Gasteiger partial charge >= 0.3 is 0 Å². The van der Waals surface area contributed by atoms with E-state index in [0.29, 0.717) is 12.6 Å². The van der Waals surface area contributed by atoms with Crippen LogP contribution in [0.4, 0.5) is 0 Å². The summed E-state index contributed by atoms with van der Waals surface area (Å²) in [6.07, 6.45) is 6.62. The van der Waals surface area contributed by atoms with Crippen molar-refractivity contribution in [2.45, 2.75) is 65.5 Å². The third-order valence-corrected chi connectivity index (χ3v) is 3.27. The molecule has 1 aromatic carbocycles. The van der Waals surface area contributed by atoms with Gasteiger partial charge in [-0.25, -0.2) is 0 Å². The average Bonchev–Trinajstić information content (AvgIpc) is 2.37. The highest BCUT2D eigenvalue weighted by Gasteiger charge is 2.06. The van der Waals surface area contributed by atoms with E-state index < -0.39 is 0 Å². The van der Waals surface area contributed by atoms with Gasteiger partial charge in [0.05, 0.1) is 6.10 Å². The topological polar surface area (TPSA) is 35.2 Å². The van der Waals surface area contributed by atoms with Crippen molar-refractivity contribution in [3.05, 3.63) is 29.3 Å². The molecule has 102 valence electrons. The Kier molecular flexibility index (Phi) is 6.81. The van der Waals surface area contributed by atoms with Crippen molar-refractivity contribution >= 4 is 0 Å². The zero-order valence-corrected chi connectivity index (χ0v) is 12.0. The van der Waals surface area contributed by atoms with Crippen LogP contribution in [0.5, 0.6) is 5.75 Å². The molecule has 0 heterocycles. The maximum Gasteiger partial charge on any atom is 0.122 e. The van der Waals surface area contributed by atoms with Crippen molar-refractivity contribution in [2.24, 2.45) is 5.73 Å². The summed E-state index contributed by atoms with van der Waals surface area (Å²) < 4.78 is 5.98. The zero-order chi connectivity index (χ0) is 13.4. The SMILES string of the molecule is CCCCCCC(C)Oc1ccc(CN)cc1C. The van der Waals surface area contributed by atoms with Crippen LogP contribution in [0.1, 0.15) is 57.1 Å². The number of nitrogens with two attached hydrogens (primary N) is 1. The van der Waals surface area contributed by atoms with Crippen LogP contribution in [0.2, 0.25) is 0 Å². The van der Waals surface area contributed by atoms with Gasteiger partial charge in [0.2, 0.25) is 0 Å². The molecule has 0 aromatic heterocycles. The first-order chi connectivity index (χ1) is 8.67. The maximum absolute atomic E-state index is 5.98. The van der Waals surface area contributed by atoms with Gasteiger partial charge in [-0.05, 0) is 43.9 Å². The molecule has 0 aliphatic rings. The lowest BCUT2D eigenvalue weighted by molar-refractivity contribution is 0.205. The van der Waals surface area contributed by atoms with Gasteiger partial charge in [-0.2, -0.15) is 0 Å². The quantitative estimate of drug-likeness (QED) is 0.701. The fourth-order valence-corrected chi connectivity index (χ4v) is 2.10. The van der Waals surface area contributed by atoms with E-state index in [9.17, 15) is 0 Å². The van der Waals surface area contributed by atoms with E-state index in [4.69, 9.17) is 10.5 Å². The fourth-order valence-electron chi connectivity index (χ4n) is 2.10. The van der Waals surface area contributed by atoms with E-state index in [1.807, 2.05) is 12.1 Å². The number of ether oxygens (including phenoxy) is 1. The molecule has 0 radical (unpaired) electrons. The van der Waals surface area contributed by atoms with Crippen molar-refractivity contribution in [2.75, 3.05) is 0 Å². The van der Waals surface area contributed by atoms with Gasteiger partial charge in [-0.3, -0.25) is 0 Å². The number of unbranched alkanes of at least 4 members (excludes halogenated alkanes) is 3. The van der Waals surface area contributed by atoms with Crippen molar-refractivity contribution < 1.29 is 4.74 Å². The molecule has 0 aliphatic heterocycles. The Morgan fingerprint density at radius 3 is 2.61 bits per heavy atom. The molecule has 2 nitrogen and oxygen atoms in total. The van der Waals surface area contributed by atoms with E-state index in [1.54, 1.807) is 0 Å². The van der Waals surface area contributed by atoms with Crippen molar-refractivity contribution in [1.82, 2.24) is 0 Å². The minimum absolute atomic E-state index is 0.296. The smallest absolute Gasteiger partial charge is 0.122 e. The molecular formula is C16H27NO. The normalized spacial score (nSPS) is 12.4. The lowest BCUT2D eigenvalue weighted by atomic mass is 10.1. The van der Waals surface area contributed by atoms with E-state index in [1.165, 1.54) is 31.2 Å². The molecule has 0 aliphatic carbocycles. The monoisotopic (exact) mass is 249 g/mol. The summed E-state index contributed by atoms with van der Waals surface area (Å²) in [7, 11) is 0. The number of benzene rings is 1. The van der Waals surface area contributed by atoms with Gasteiger partial charge in [-0.15, -0.1) is 0 Å². The van der Waals surface area contributed by atoms with Gasteiger partial charge in [-0.1, -0.05) is 38.3 Å². The molecule has 0 saturated heterocycles. The summed E-state index contributed by atoms with van der Waals surface area (Å²) in [4.78, 5) is 0. The molecule has 1 aromatic rings. The molecule has 18 heavy (non-hydrogen) atoms. The van der Waals surface area contributed by atoms with Crippen molar-refractivity contribution in [3.8, 4) is 5.75 Å². The molecule has 0 saturated carbocycles. The Balaban J connectivity index is 2.41. The molecule has 1 atom stereocenters. The van der Waals surface area contributed by atoms with E-state index in [2.05, 4.69) is 26.8 Å². The van der Waals surface area contributed by atoms with Gasteiger partial charge in [0.25, 0.3) is 0 Å². The Morgan fingerprint density at radius 1 is 1.22 bits per heavy atom. The van der Waals surface area contributed by atoms with Gasteiger partial charge in [0.15, 0.2) is 0 Å². The number of aryl methyl sites for hydroxylation is 1. The second-order valence-corrected chi connectivity index (χ2v) is 5.08. The van der Waals surface area contributed by atoms with Crippen LogP contribution >= 0.6 is 0 Å². The average molecular weight is 249 g/mol. The van der Waals surface area contributed by atoms with Gasteiger partial charge in [0.1, 0.15) is 5.75 Å². The Bertz CT molecular complexity index is 349. The van der Waals surface area contributed by atoms with E-state index >= 15 is 0 Å². The third-order valence-electron chi connectivity index (χ3n) is 3.27. The van der Waals surface area contributed by atoms with Gasteiger partial charge in [0, 0.05) is 6.54 Å². The molecule has 0 amide bonds. The molecule has 0 spiro atoms. The third kappa shape index (κ3) is 5.09. The first kappa shape index (κ1) is 15.0. The summed E-state index contributed by atoms with van der Waals surface area (Å²) >= 11 is 0. The Labute approximate surface area is 112 Å². The van der Waals surface area contributed by atoms with Crippen LogP contribution in [-0.4, -0.2) is 6.10 Å². The largest absolute Gasteiger partial charge is 0.490 e. The van der Waals surface area contributed by atoms with Crippen molar-refractivity contribution in [3.63, 3.8) is 0 Å². The molecule has 1 unspecified atom stereocenters. The van der Waals surface area contributed by atoms with Crippen LogP contribution in [0.25, 0.3) is 0 Å². The lowest BCUT2D eigenvalue weighted by Gasteiger charge is -2.17. The van der Waals surface area contributed by atoms with E-state index in [-0.39, 0.29) is 0 Å². The highest BCUT2D eigenvalue weighted by Crippen LogP contribution is 2.21. The van der Waals surface area contributed by atoms with Crippen LogP contribution < -0.4 is 10.5 Å². The number of rotatable bonds is 8. The zero-order valence-electron chi connectivity index (χ0n) is 12.0. The first-order valence-electron chi connectivity index (χ1n) is 7.13. The van der Waals surface area contributed by atoms with E-state index in [0.717, 1.165) is 17.7 Å². The lowest BCUT2D eigenvalue weighted by Crippen LogP contribution is -2.12. The minimum Gasteiger partial charge on any atom is -0.490 e. The molecule has 2 heteroatoms. The van der Waals surface area contributed by atoms with Crippen LogP contribution in [0.15, 0.2) is 18.2 Å². The Hall–Kier alpha value is -1.02. The highest BCUT2D eigenvalue weighted by molar-refractivity contribution is 5.36. The molecule has 2 N–H and O–H groups in total. The van der Waals surface area contributed by atoms with Crippen LogP contribution in [0.3, 0.4) is 0 Å². The summed E-state index contributed by atoms with van der Waals surface area (Å²) in [6, 6.07) is 6.20. The summed E-state index contributed by atoms with van der Waals surface area (Å²) in [5.74, 6) is 0.996. The van der Waals surface area contributed by atoms with Crippen LogP contribution in [-0.2, 0) is 6.54 Å². The summed E-state index contributed by atoms with van der Waals surface area (Å²) in [5, 5.41) is 0. The fraction of sp³-hybridized carbons (Fsp3) is 0.625. The second-order valence-electron chi connectivity index (χ2n) is 5.08.